The van der Waals surface area contributed by atoms with E-state index in [1.807, 2.05) is 30.3 Å². The van der Waals surface area contributed by atoms with Gasteiger partial charge in [0.15, 0.2) is 4.34 Å². The van der Waals surface area contributed by atoms with Crippen LogP contribution in [0, 0.1) is 0 Å². The van der Waals surface area contributed by atoms with Gasteiger partial charge in [0.1, 0.15) is 0 Å². The molecule has 0 bridgehead atoms. The van der Waals surface area contributed by atoms with Gasteiger partial charge in [-0.3, -0.25) is 0 Å². The molecule has 0 radical (unpaired) electrons. The molecule has 1 fully saturated rings. The zero-order valence-corrected chi connectivity index (χ0v) is 12.0. The van der Waals surface area contributed by atoms with Gasteiger partial charge in [-0.2, -0.15) is 0 Å². The maximum absolute atomic E-state index is 5.60. The van der Waals surface area contributed by atoms with Crippen LogP contribution >= 0.6 is 23.1 Å². The van der Waals surface area contributed by atoms with Crippen LogP contribution in [-0.2, 0) is 4.74 Å². The fourth-order valence-electron chi connectivity index (χ4n) is 1.90. The molecule has 1 saturated heterocycles. The Balaban J connectivity index is 1.54. The molecule has 0 spiro atoms. The van der Waals surface area contributed by atoms with Crippen LogP contribution in [0.25, 0.3) is 0 Å². The number of hydrogen-bond acceptors (Lipinski definition) is 6. The highest BCUT2D eigenvalue weighted by Crippen LogP contribution is 2.29. The van der Waals surface area contributed by atoms with E-state index in [-0.39, 0.29) is 0 Å². The van der Waals surface area contributed by atoms with Crippen LogP contribution in [0.2, 0.25) is 0 Å². The summed E-state index contributed by atoms with van der Waals surface area (Å²) in [6.45, 7) is 0.905. The number of aromatic nitrogens is 2. The first-order chi connectivity index (χ1) is 9.40. The molecule has 1 aliphatic heterocycles. The molecule has 1 aromatic heterocycles. The van der Waals surface area contributed by atoms with Crippen molar-refractivity contribution in [1.82, 2.24) is 10.2 Å². The summed E-state index contributed by atoms with van der Waals surface area (Å²) in [5, 5.41) is 12.4. The third-order valence-electron chi connectivity index (χ3n) is 2.85. The number of para-hydroxylation sites is 1. The number of thioether (sulfide) groups is 1. The molecule has 3 rings (SSSR count). The summed E-state index contributed by atoms with van der Waals surface area (Å²) in [5.74, 6) is 0.972. The van der Waals surface area contributed by atoms with Gasteiger partial charge in [-0.05, 0) is 25.0 Å². The Kier molecular flexibility index (Phi) is 4.32. The van der Waals surface area contributed by atoms with E-state index in [0.717, 1.165) is 27.5 Å². The fraction of sp³-hybridized carbons (Fsp3) is 0.385. The molecule has 1 aromatic carbocycles. The van der Waals surface area contributed by atoms with E-state index in [1.54, 1.807) is 23.1 Å². The Bertz CT molecular complexity index is 512. The van der Waals surface area contributed by atoms with E-state index >= 15 is 0 Å². The maximum atomic E-state index is 5.60. The largest absolute Gasteiger partial charge is 0.377 e. The summed E-state index contributed by atoms with van der Waals surface area (Å²) in [5.41, 5.74) is 1.04. The number of anilines is 2. The molecular formula is C13H15N3OS2. The van der Waals surface area contributed by atoms with Crippen molar-refractivity contribution in [2.24, 2.45) is 0 Å². The summed E-state index contributed by atoms with van der Waals surface area (Å²) in [7, 11) is 0. The Morgan fingerprint density at radius 1 is 1.32 bits per heavy atom. The first-order valence-electron chi connectivity index (χ1n) is 6.30. The second kappa shape index (κ2) is 6.36. The fourth-order valence-corrected chi connectivity index (χ4v) is 3.77. The van der Waals surface area contributed by atoms with Crippen LogP contribution in [-0.4, -0.2) is 28.7 Å². The smallest absolute Gasteiger partial charge is 0.210 e. The highest BCUT2D eigenvalue weighted by Gasteiger charge is 2.16. The van der Waals surface area contributed by atoms with Gasteiger partial charge in [0, 0.05) is 18.0 Å². The quantitative estimate of drug-likeness (QED) is 0.854. The van der Waals surface area contributed by atoms with Crippen LogP contribution in [0.15, 0.2) is 34.7 Å². The lowest BCUT2D eigenvalue weighted by Crippen LogP contribution is -2.07. The van der Waals surface area contributed by atoms with Crippen molar-refractivity contribution >= 4 is 33.9 Å². The van der Waals surface area contributed by atoms with E-state index in [1.165, 1.54) is 12.8 Å². The minimum absolute atomic E-state index is 0.388. The van der Waals surface area contributed by atoms with Crippen molar-refractivity contribution in [3.8, 4) is 0 Å². The van der Waals surface area contributed by atoms with Crippen molar-refractivity contribution in [2.45, 2.75) is 23.3 Å². The van der Waals surface area contributed by atoms with E-state index in [2.05, 4.69) is 15.5 Å². The van der Waals surface area contributed by atoms with Crippen LogP contribution in [0.5, 0.6) is 0 Å². The van der Waals surface area contributed by atoms with Crippen molar-refractivity contribution in [1.29, 1.82) is 0 Å². The Labute approximate surface area is 120 Å². The molecule has 4 nitrogen and oxygen atoms in total. The van der Waals surface area contributed by atoms with Crippen molar-refractivity contribution in [3.05, 3.63) is 30.3 Å². The molecule has 0 amide bonds. The Hall–Kier alpha value is -1.11. The lowest BCUT2D eigenvalue weighted by molar-refractivity contribution is 0.129. The number of nitrogens with zero attached hydrogens (tertiary/aromatic N) is 2. The van der Waals surface area contributed by atoms with Gasteiger partial charge in [0.25, 0.3) is 0 Å². The van der Waals surface area contributed by atoms with E-state index < -0.39 is 0 Å². The van der Waals surface area contributed by atoms with Gasteiger partial charge in [-0.25, -0.2) is 0 Å². The van der Waals surface area contributed by atoms with Gasteiger partial charge in [-0.1, -0.05) is 41.3 Å². The summed E-state index contributed by atoms with van der Waals surface area (Å²) in [6, 6.07) is 10.0. The minimum Gasteiger partial charge on any atom is -0.377 e. The zero-order valence-electron chi connectivity index (χ0n) is 10.4. The first-order valence-corrected chi connectivity index (χ1v) is 8.10. The topological polar surface area (TPSA) is 47.0 Å². The molecule has 2 heterocycles. The predicted octanol–water partition coefficient (Wildman–Crippen LogP) is 3.55. The van der Waals surface area contributed by atoms with Crippen molar-refractivity contribution in [2.75, 3.05) is 17.7 Å². The minimum atomic E-state index is 0.388. The van der Waals surface area contributed by atoms with Crippen LogP contribution in [0.3, 0.4) is 0 Å². The number of nitrogens with one attached hydrogen (secondary N) is 1. The van der Waals surface area contributed by atoms with Crippen LogP contribution in [0.1, 0.15) is 12.8 Å². The summed E-state index contributed by atoms with van der Waals surface area (Å²) in [4.78, 5) is 0. The molecule has 1 atom stereocenters. The molecule has 0 aliphatic carbocycles. The SMILES string of the molecule is c1ccc(Nc2nnc(SC[C@@H]3CCCO3)s2)cc1. The van der Waals surface area contributed by atoms with Crippen molar-refractivity contribution in [3.63, 3.8) is 0 Å². The van der Waals surface area contributed by atoms with Gasteiger partial charge >= 0.3 is 0 Å². The van der Waals surface area contributed by atoms with Gasteiger partial charge in [0.05, 0.1) is 6.10 Å². The summed E-state index contributed by atoms with van der Waals surface area (Å²) in [6.07, 6.45) is 2.74. The number of benzene rings is 1. The third kappa shape index (κ3) is 3.68. The second-order valence-electron chi connectivity index (χ2n) is 4.31. The first kappa shape index (κ1) is 12.9. The Morgan fingerprint density at radius 2 is 2.21 bits per heavy atom. The third-order valence-corrected chi connectivity index (χ3v) is 4.95. The molecule has 19 heavy (non-hydrogen) atoms. The zero-order chi connectivity index (χ0) is 12.9. The van der Waals surface area contributed by atoms with E-state index in [0.29, 0.717) is 6.10 Å². The molecular weight excluding hydrogens is 278 g/mol. The molecule has 1 N–H and O–H groups in total. The lowest BCUT2D eigenvalue weighted by atomic mass is 10.3. The average molecular weight is 293 g/mol. The van der Waals surface area contributed by atoms with Crippen LogP contribution < -0.4 is 5.32 Å². The van der Waals surface area contributed by atoms with Gasteiger partial charge < -0.3 is 10.1 Å². The lowest BCUT2D eigenvalue weighted by Gasteiger charge is -2.05. The van der Waals surface area contributed by atoms with E-state index in [4.69, 9.17) is 4.74 Å². The van der Waals surface area contributed by atoms with Gasteiger partial charge in [-0.15, -0.1) is 10.2 Å². The molecule has 1 aliphatic rings. The van der Waals surface area contributed by atoms with Crippen LogP contribution in [0.4, 0.5) is 10.8 Å². The Morgan fingerprint density at radius 3 is 3.00 bits per heavy atom. The number of hydrogen-bond donors (Lipinski definition) is 1. The summed E-state index contributed by atoms with van der Waals surface area (Å²) >= 11 is 3.31. The molecule has 0 unspecified atom stereocenters. The molecule has 2 aromatic rings. The number of ether oxygens (including phenoxy) is 1. The monoisotopic (exact) mass is 293 g/mol. The van der Waals surface area contributed by atoms with Gasteiger partial charge in [0.2, 0.25) is 5.13 Å². The average Bonchev–Trinajstić information content (AvgIpc) is 3.09. The molecule has 100 valence electrons. The number of rotatable bonds is 5. The predicted molar refractivity (Wildman–Crippen MR) is 79.3 cm³/mol. The highest BCUT2D eigenvalue weighted by molar-refractivity contribution is 8.01. The van der Waals surface area contributed by atoms with Crippen molar-refractivity contribution < 1.29 is 4.74 Å². The second-order valence-corrected chi connectivity index (χ2v) is 6.55. The summed E-state index contributed by atoms with van der Waals surface area (Å²) < 4.78 is 6.59. The normalized spacial score (nSPS) is 18.6. The highest BCUT2D eigenvalue weighted by atomic mass is 32.2. The molecule has 0 saturated carbocycles. The van der Waals surface area contributed by atoms with E-state index in [9.17, 15) is 0 Å². The molecule has 6 heteroatoms. The maximum Gasteiger partial charge on any atom is 0.210 e. The standard InChI is InChI=1S/C13H15N3OS2/c1-2-5-10(6-3-1)14-12-15-16-13(19-12)18-9-11-7-4-8-17-11/h1-3,5-6,11H,4,7-9H2,(H,14,15)/t11-/m0/s1.